The number of ether oxygens (including phenoxy) is 1. The first-order chi connectivity index (χ1) is 9.20. The minimum Gasteiger partial charge on any atom is -0.493 e. The van der Waals surface area contributed by atoms with E-state index < -0.39 is 0 Å². The summed E-state index contributed by atoms with van der Waals surface area (Å²) in [6.45, 7) is 5.23. The molecule has 0 fully saturated rings. The van der Waals surface area contributed by atoms with Crippen molar-refractivity contribution in [1.29, 1.82) is 0 Å². The summed E-state index contributed by atoms with van der Waals surface area (Å²) in [6, 6.07) is 8.10. The Morgan fingerprint density at radius 1 is 1.47 bits per heavy atom. The predicted molar refractivity (Wildman–Crippen MR) is 76.2 cm³/mol. The van der Waals surface area contributed by atoms with Crippen LogP contribution in [0, 0.1) is 5.92 Å². The molecule has 0 bridgehead atoms. The molecule has 1 N–H and O–H groups in total. The molecule has 0 radical (unpaired) electrons. The van der Waals surface area contributed by atoms with Crippen molar-refractivity contribution in [3.63, 3.8) is 0 Å². The maximum atomic E-state index is 11.8. The molecule has 1 aliphatic rings. The van der Waals surface area contributed by atoms with Crippen LogP contribution in [-0.2, 0) is 11.2 Å². The number of carbonyl (C=O) groups is 1. The van der Waals surface area contributed by atoms with Crippen molar-refractivity contribution in [3.8, 4) is 5.75 Å². The van der Waals surface area contributed by atoms with Gasteiger partial charge in [-0.05, 0) is 31.4 Å². The lowest BCUT2D eigenvalue weighted by Crippen LogP contribution is -2.35. The highest BCUT2D eigenvalue weighted by Crippen LogP contribution is 2.26. The normalized spacial score (nSPS) is 18.4. The van der Waals surface area contributed by atoms with Crippen LogP contribution < -0.4 is 10.1 Å². The van der Waals surface area contributed by atoms with Gasteiger partial charge >= 0.3 is 0 Å². The third-order valence-corrected chi connectivity index (χ3v) is 3.38. The SMILES string of the molecule is CC/C=C(\C)C(=O)NC[C@@H]1COc2ccccc2C1. The first kappa shape index (κ1) is 13.7. The Kier molecular flexibility index (Phi) is 4.61. The zero-order chi connectivity index (χ0) is 13.7. The van der Waals surface area contributed by atoms with Gasteiger partial charge in [-0.15, -0.1) is 0 Å². The third kappa shape index (κ3) is 3.60. The van der Waals surface area contributed by atoms with E-state index in [1.807, 2.05) is 38.1 Å². The van der Waals surface area contributed by atoms with Crippen LogP contribution in [0.2, 0.25) is 0 Å². The molecular formula is C16H21NO2. The van der Waals surface area contributed by atoms with Gasteiger partial charge in [-0.3, -0.25) is 4.79 Å². The smallest absolute Gasteiger partial charge is 0.246 e. The molecule has 1 aliphatic heterocycles. The third-order valence-electron chi connectivity index (χ3n) is 3.38. The van der Waals surface area contributed by atoms with Crippen molar-refractivity contribution in [2.45, 2.75) is 26.7 Å². The van der Waals surface area contributed by atoms with E-state index in [1.54, 1.807) is 0 Å². The van der Waals surface area contributed by atoms with Crippen LogP contribution in [0.15, 0.2) is 35.9 Å². The first-order valence-corrected chi connectivity index (χ1v) is 6.86. The minimum atomic E-state index is 0.0284. The zero-order valence-electron chi connectivity index (χ0n) is 11.6. The molecule has 0 saturated heterocycles. The van der Waals surface area contributed by atoms with Crippen molar-refractivity contribution in [1.82, 2.24) is 5.32 Å². The molecule has 1 atom stereocenters. The Labute approximate surface area is 114 Å². The second-order valence-electron chi connectivity index (χ2n) is 4.99. The van der Waals surface area contributed by atoms with Gasteiger partial charge in [0.05, 0.1) is 6.61 Å². The van der Waals surface area contributed by atoms with Crippen LogP contribution in [-0.4, -0.2) is 19.1 Å². The number of fused-ring (bicyclic) bond motifs is 1. The number of benzene rings is 1. The highest BCUT2D eigenvalue weighted by molar-refractivity contribution is 5.92. The molecular weight excluding hydrogens is 238 g/mol. The van der Waals surface area contributed by atoms with E-state index in [4.69, 9.17) is 4.74 Å². The highest BCUT2D eigenvalue weighted by Gasteiger charge is 2.19. The number of carbonyl (C=O) groups excluding carboxylic acids is 1. The molecule has 0 aliphatic carbocycles. The summed E-state index contributed by atoms with van der Waals surface area (Å²) in [7, 11) is 0. The fraction of sp³-hybridized carbons (Fsp3) is 0.438. The number of para-hydroxylation sites is 1. The van der Waals surface area contributed by atoms with Crippen LogP contribution in [0.5, 0.6) is 5.75 Å². The van der Waals surface area contributed by atoms with Gasteiger partial charge in [0.25, 0.3) is 0 Å². The molecule has 2 rings (SSSR count). The molecule has 3 heteroatoms. The second-order valence-corrected chi connectivity index (χ2v) is 4.99. The largest absolute Gasteiger partial charge is 0.493 e. The van der Waals surface area contributed by atoms with E-state index in [0.29, 0.717) is 19.1 Å². The van der Waals surface area contributed by atoms with Crippen LogP contribution in [0.25, 0.3) is 0 Å². The average Bonchev–Trinajstić information content (AvgIpc) is 2.44. The molecule has 0 unspecified atom stereocenters. The Hall–Kier alpha value is -1.77. The van der Waals surface area contributed by atoms with Crippen molar-refractivity contribution in [3.05, 3.63) is 41.5 Å². The Bertz CT molecular complexity index is 479. The lowest BCUT2D eigenvalue weighted by molar-refractivity contribution is -0.117. The fourth-order valence-corrected chi connectivity index (χ4v) is 2.30. The summed E-state index contributed by atoms with van der Waals surface area (Å²) in [5.74, 6) is 1.36. The van der Waals surface area contributed by atoms with Crippen molar-refractivity contribution in [2.24, 2.45) is 5.92 Å². The molecule has 3 nitrogen and oxygen atoms in total. The van der Waals surface area contributed by atoms with Gasteiger partial charge in [-0.2, -0.15) is 0 Å². The van der Waals surface area contributed by atoms with E-state index in [1.165, 1.54) is 5.56 Å². The van der Waals surface area contributed by atoms with Gasteiger partial charge in [0.1, 0.15) is 5.75 Å². The predicted octanol–water partition coefficient (Wildman–Crippen LogP) is 2.71. The van der Waals surface area contributed by atoms with Gasteiger partial charge in [0.15, 0.2) is 0 Å². The van der Waals surface area contributed by atoms with E-state index in [-0.39, 0.29) is 5.91 Å². The van der Waals surface area contributed by atoms with E-state index >= 15 is 0 Å². The summed E-state index contributed by atoms with van der Waals surface area (Å²) in [5.41, 5.74) is 2.02. The number of rotatable bonds is 4. The molecule has 1 amide bonds. The highest BCUT2D eigenvalue weighted by atomic mass is 16.5. The van der Waals surface area contributed by atoms with Gasteiger partial charge in [0, 0.05) is 18.0 Å². The van der Waals surface area contributed by atoms with Crippen molar-refractivity contribution < 1.29 is 9.53 Å². The van der Waals surface area contributed by atoms with Crippen molar-refractivity contribution >= 4 is 5.91 Å². The van der Waals surface area contributed by atoms with Crippen LogP contribution in [0.3, 0.4) is 0 Å². The zero-order valence-corrected chi connectivity index (χ0v) is 11.6. The molecule has 0 aromatic heterocycles. The topological polar surface area (TPSA) is 38.3 Å². The average molecular weight is 259 g/mol. The van der Waals surface area contributed by atoms with Gasteiger partial charge in [0.2, 0.25) is 5.91 Å². The van der Waals surface area contributed by atoms with Gasteiger partial charge < -0.3 is 10.1 Å². The van der Waals surface area contributed by atoms with Crippen molar-refractivity contribution in [2.75, 3.05) is 13.2 Å². The lowest BCUT2D eigenvalue weighted by atomic mass is 9.96. The second kappa shape index (κ2) is 6.41. The Morgan fingerprint density at radius 3 is 3.05 bits per heavy atom. The fourth-order valence-electron chi connectivity index (χ4n) is 2.30. The van der Waals surface area contributed by atoms with Crippen LogP contribution in [0.4, 0.5) is 0 Å². The molecule has 1 aromatic carbocycles. The first-order valence-electron chi connectivity index (χ1n) is 6.86. The van der Waals surface area contributed by atoms with E-state index in [2.05, 4.69) is 11.4 Å². The Balaban J connectivity index is 1.86. The maximum absolute atomic E-state index is 11.8. The number of hydrogen-bond acceptors (Lipinski definition) is 2. The maximum Gasteiger partial charge on any atom is 0.246 e. The van der Waals surface area contributed by atoms with Crippen LogP contribution in [0.1, 0.15) is 25.8 Å². The lowest BCUT2D eigenvalue weighted by Gasteiger charge is -2.25. The number of allylic oxidation sites excluding steroid dienone is 1. The molecule has 1 heterocycles. The van der Waals surface area contributed by atoms with E-state index in [0.717, 1.165) is 24.2 Å². The quantitative estimate of drug-likeness (QED) is 0.844. The van der Waals surface area contributed by atoms with Gasteiger partial charge in [-0.1, -0.05) is 31.2 Å². The monoisotopic (exact) mass is 259 g/mol. The molecule has 102 valence electrons. The number of amides is 1. The summed E-state index contributed by atoms with van der Waals surface area (Å²) in [6.07, 6.45) is 3.80. The van der Waals surface area contributed by atoms with Gasteiger partial charge in [-0.25, -0.2) is 0 Å². The molecule has 19 heavy (non-hydrogen) atoms. The summed E-state index contributed by atoms with van der Waals surface area (Å²) < 4.78 is 5.71. The minimum absolute atomic E-state index is 0.0284. The summed E-state index contributed by atoms with van der Waals surface area (Å²) in [4.78, 5) is 11.8. The standard InChI is InChI=1S/C16H21NO2/c1-3-6-12(2)16(18)17-10-13-9-14-7-4-5-8-15(14)19-11-13/h4-8,13H,3,9-11H2,1-2H3,(H,17,18)/b12-6+/t13-/m1/s1. The molecule has 0 spiro atoms. The molecule has 0 saturated carbocycles. The van der Waals surface area contributed by atoms with E-state index in [9.17, 15) is 4.79 Å². The summed E-state index contributed by atoms with van der Waals surface area (Å²) in [5, 5.41) is 2.98. The Morgan fingerprint density at radius 2 is 2.26 bits per heavy atom. The number of nitrogens with one attached hydrogen (secondary N) is 1. The number of hydrogen-bond donors (Lipinski definition) is 1. The summed E-state index contributed by atoms with van der Waals surface area (Å²) >= 11 is 0. The van der Waals surface area contributed by atoms with Crippen LogP contribution >= 0.6 is 0 Å². The molecule has 1 aromatic rings.